The van der Waals surface area contributed by atoms with Gasteiger partial charge in [0.25, 0.3) is 0 Å². The zero-order valence-electron chi connectivity index (χ0n) is 9.09. The van der Waals surface area contributed by atoms with E-state index in [1.54, 1.807) is 0 Å². The van der Waals surface area contributed by atoms with E-state index in [1.807, 2.05) is 0 Å². The van der Waals surface area contributed by atoms with E-state index in [0.29, 0.717) is 0 Å². The molecule has 0 radical (unpaired) electrons. The van der Waals surface area contributed by atoms with Crippen molar-refractivity contribution >= 4 is 15.9 Å². The van der Waals surface area contributed by atoms with Gasteiger partial charge in [-0.1, -0.05) is 36.7 Å². The minimum Gasteiger partial charge on any atom is -0.299 e. The molecule has 0 saturated carbocycles. The lowest BCUT2D eigenvalue weighted by molar-refractivity contribution is 0.238. The van der Waals surface area contributed by atoms with Crippen molar-refractivity contribution in [3.05, 3.63) is 0 Å². The van der Waals surface area contributed by atoms with E-state index in [0.717, 1.165) is 23.2 Å². The third-order valence-electron chi connectivity index (χ3n) is 3.15. The minimum absolute atomic E-state index is 0.791. The zero-order chi connectivity index (χ0) is 9.84. The van der Waals surface area contributed by atoms with Crippen LogP contribution in [-0.4, -0.2) is 29.4 Å². The minimum atomic E-state index is 0.791. The third-order valence-corrected chi connectivity index (χ3v) is 3.81. The first kappa shape index (κ1) is 11.5. The second-order valence-corrected chi connectivity index (χ2v) is 5.35. The largest absolute Gasteiger partial charge is 0.299 e. The quantitative estimate of drug-likeness (QED) is 0.691. The molecule has 1 aliphatic heterocycles. The van der Waals surface area contributed by atoms with Gasteiger partial charge >= 0.3 is 0 Å². The molecule has 78 valence electrons. The van der Waals surface area contributed by atoms with Gasteiger partial charge in [-0.05, 0) is 37.8 Å². The number of alkyl halides is 1. The van der Waals surface area contributed by atoms with Crippen molar-refractivity contribution in [2.75, 3.05) is 18.4 Å². The van der Waals surface area contributed by atoms with E-state index in [-0.39, 0.29) is 0 Å². The lowest BCUT2D eigenvalue weighted by Gasteiger charge is -2.25. The van der Waals surface area contributed by atoms with Crippen LogP contribution in [0.4, 0.5) is 0 Å². The Morgan fingerprint density at radius 1 is 1.46 bits per heavy atom. The highest BCUT2D eigenvalue weighted by molar-refractivity contribution is 9.09. The monoisotopic (exact) mass is 247 g/mol. The summed E-state index contributed by atoms with van der Waals surface area (Å²) >= 11 is 3.62. The average molecular weight is 248 g/mol. The molecule has 0 aromatic carbocycles. The Bertz CT molecular complexity index is 147. The van der Waals surface area contributed by atoms with Crippen molar-refractivity contribution in [2.24, 2.45) is 11.8 Å². The molecule has 1 fully saturated rings. The molecule has 1 rings (SSSR count). The first-order valence-corrected chi connectivity index (χ1v) is 6.57. The molecule has 2 unspecified atom stereocenters. The van der Waals surface area contributed by atoms with Crippen LogP contribution in [0.3, 0.4) is 0 Å². The molecule has 0 aliphatic carbocycles. The maximum Gasteiger partial charge on any atom is 0.0218 e. The first-order chi connectivity index (χ1) is 6.15. The highest BCUT2D eigenvalue weighted by atomic mass is 79.9. The number of likely N-dealkylation sites (tertiary alicyclic amines) is 1. The van der Waals surface area contributed by atoms with Gasteiger partial charge in [0, 0.05) is 11.4 Å². The normalized spacial score (nSPS) is 30.2. The van der Waals surface area contributed by atoms with Gasteiger partial charge in [-0.15, -0.1) is 0 Å². The van der Waals surface area contributed by atoms with Crippen molar-refractivity contribution in [3.63, 3.8) is 0 Å². The Balaban J connectivity index is 2.32. The molecule has 2 atom stereocenters. The fraction of sp³-hybridized carbons (Fsp3) is 1.00. The standard InChI is InChI=1S/C11H22BrN/c1-9(2)4-6-13-7-5-10(3)11(13)8-12/h9-11H,4-8H2,1-3H3. The molecule has 1 aliphatic rings. The molecule has 0 bridgehead atoms. The molecule has 2 heteroatoms. The van der Waals surface area contributed by atoms with Crippen LogP contribution >= 0.6 is 15.9 Å². The molecular formula is C11H22BrN. The molecular weight excluding hydrogens is 226 g/mol. The SMILES string of the molecule is CC(C)CCN1CCC(C)C1CBr. The molecule has 0 aromatic rings. The highest BCUT2D eigenvalue weighted by Gasteiger charge is 2.29. The summed E-state index contributed by atoms with van der Waals surface area (Å²) in [5, 5.41) is 1.15. The van der Waals surface area contributed by atoms with Gasteiger partial charge in [0.05, 0.1) is 0 Å². The van der Waals surface area contributed by atoms with Gasteiger partial charge in [-0.3, -0.25) is 4.90 Å². The summed E-state index contributed by atoms with van der Waals surface area (Å²) in [5.74, 6) is 1.72. The van der Waals surface area contributed by atoms with Gasteiger partial charge in [0.1, 0.15) is 0 Å². The summed E-state index contributed by atoms with van der Waals surface area (Å²) in [5.41, 5.74) is 0. The van der Waals surface area contributed by atoms with Gasteiger partial charge in [0.2, 0.25) is 0 Å². The van der Waals surface area contributed by atoms with E-state index in [4.69, 9.17) is 0 Å². The predicted molar refractivity (Wildman–Crippen MR) is 62.4 cm³/mol. The van der Waals surface area contributed by atoms with Gasteiger partial charge in [0.15, 0.2) is 0 Å². The molecule has 0 amide bonds. The van der Waals surface area contributed by atoms with Crippen LogP contribution in [0.2, 0.25) is 0 Å². The Kier molecular flexibility index (Phi) is 4.74. The average Bonchev–Trinajstić information content (AvgIpc) is 2.42. The van der Waals surface area contributed by atoms with Gasteiger partial charge < -0.3 is 0 Å². The van der Waals surface area contributed by atoms with Crippen LogP contribution in [0.5, 0.6) is 0 Å². The van der Waals surface area contributed by atoms with Crippen molar-refractivity contribution in [2.45, 2.75) is 39.7 Å². The summed E-state index contributed by atoms with van der Waals surface area (Å²) < 4.78 is 0. The van der Waals surface area contributed by atoms with E-state index in [2.05, 4.69) is 41.6 Å². The number of halogens is 1. The molecule has 0 aromatic heterocycles. The maximum atomic E-state index is 3.62. The van der Waals surface area contributed by atoms with Crippen LogP contribution < -0.4 is 0 Å². The lowest BCUT2D eigenvalue weighted by Crippen LogP contribution is -2.34. The maximum absolute atomic E-state index is 3.62. The number of hydrogen-bond acceptors (Lipinski definition) is 1. The smallest absolute Gasteiger partial charge is 0.0218 e. The van der Waals surface area contributed by atoms with Crippen molar-refractivity contribution < 1.29 is 0 Å². The van der Waals surface area contributed by atoms with E-state index < -0.39 is 0 Å². The summed E-state index contributed by atoms with van der Waals surface area (Å²) in [6.45, 7) is 9.59. The first-order valence-electron chi connectivity index (χ1n) is 5.45. The van der Waals surface area contributed by atoms with E-state index in [9.17, 15) is 0 Å². The predicted octanol–water partition coefficient (Wildman–Crippen LogP) is 3.14. The highest BCUT2D eigenvalue weighted by Crippen LogP contribution is 2.25. The Morgan fingerprint density at radius 2 is 2.15 bits per heavy atom. The fourth-order valence-electron chi connectivity index (χ4n) is 2.04. The van der Waals surface area contributed by atoms with Gasteiger partial charge in [-0.2, -0.15) is 0 Å². The zero-order valence-corrected chi connectivity index (χ0v) is 10.7. The molecule has 1 nitrogen and oxygen atoms in total. The van der Waals surface area contributed by atoms with Crippen molar-refractivity contribution in [3.8, 4) is 0 Å². The Labute approximate surface area is 91.0 Å². The Hall–Kier alpha value is 0.440. The third kappa shape index (κ3) is 3.25. The summed E-state index contributed by atoms with van der Waals surface area (Å²) in [6.07, 6.45) is 2.73. The van der Waals surface area contributed by atoms with Crippen LogP contribution in [0.15, 0.2) is 0 Å². The molecule has 0 spiro atoms. The second kappa shape index (κ2) is 5.35. The van der Waals surface area contributed by atoms with Crippen LogP contribution in [0.1, 0.15) is 33.6 Å². The van der Waals surface area contributed by atoms with Crippen molar-refractivity contribution in [1.29, 1.82) is 0 Å². The molecule has 13 heavy (non-hydrogen) atoms. The lowest BCUT2D eigenvalue weighted by atomic mass is 10.0. The molecule has 0 N–H and O–H groups in total. The number of nitrogens with zero attached hydrogens (tertiary/aromatic N) is 1. The second-order valence-electron chi connectivity index (χ2n) is 4.71. The van der Waals surface area contributed by atoms with E-state index >= 15 is 0 Å². The number of hydrogen-bond donors (Lipinski definition) is 0. The van der Waals surface area contributed by atoms with E-state index in [1.165, 1.54) is 25.9 Å². The van der Waals surface area contributed by atoms with Crippen LogP contribution in [-0.2, 0) is 0 Å². The van der Waals surface area contributed by atoms with Gasteiger partial charge in [-0.25, -0.2) is 0 Å². The van der Waals surface area contributed by atoms with Crippen LogP contribution in [0, 0.1) is 11.8 Å². The topological polar surface area (TPSA) is 3.24 Å². The van der Waals surface area contributed by atoms with Crippen LogP contribution in [0.25, 0.3) is 0 Å². The molecule has 1 saturated heterocycles. The number of rotatable bonds is 4. The summed E-state index contributed by atoms with van der Waals surface area (Å²) in [4.78, 5) is 2.65. The molecule has 1 heterocycles. The fourth-order valence-corrected chi connectivity index (χ4v) is 3.09. The van der Waals surface area contributed by atoms with Crippen molar-refractivity contribution in [1.82, 2.24) is 4.90 Å². The summed E-state index contributed by atoms with van der Waals surface area (Å²) in [7, 11) is 0. The Morgan fingerprint density at radius 3 is 2.69 bits per heavy atom. The summed E-state index contributed by atoms with van der Waals surface area (Å²) in [6, 6.07) is 0.791.